The third-order valence-corrected chi connectivity index (χ3v) is 2.03. The molecule has 0 radical (unpaired) electrons. The van der Waals surface area contributed by atoms with Crippen LogP contribution in [-0.2, 0) is 6.54 Å². The zero-order valence-corrected chi connectivity index (χ0v) is 9.14. The molecule has 0 amide bonds. The molecule has 0 aliphatic heterocycles. The predicted molar refractivity (Wildman–Crippen MR) is 56.0 cm³/mol. The molecule has 1 aromatic rings. The summed E-state index contributed by atoms with van der Waals surface area (Å²) in [6, 6.07) is 0. The van der Waals surface area contributed by atoms with Crippen molar-refractivity contribution in [2.75, 3.05) is 20.6 Å². The van der Waals surface area contributed by atoms with Crippen molar-refractivity contribution in [2.45, 2.75) is 26.0 Å². The standard InChI is InChI=1S/C10H19N3O/c1-4-5-13-7-9(6-11-13)10(14)8-12(2)3/h6-7,10,14H,4-5,8H2,1-3H3. The van der Waals surface area contributed by atoms with Crippen LogP contribution in [0.15, 0.2) is 12.4 Å². The summed E-state index contributed by atoms with van der Waals surface area (Å²) < 4.78 is 1.87. The monoisotopic (exact) mass is 197 g/mol. The van der Waals surface area contributed by atoms with Crippen LogP contribution in [0.3, 0.4) is 0 Å². The number of aryl methyl sites for hydroxylation is 1. The van der Waals surface area contributed by atoms with Gasteiger partial charge in [-0.2, -0.15) is 5.10 Å². The molecule has 0 aromatic carbocycles. The molecule has 1 unspecified atom stereocenters. The maximum absolute atomic E-state index is 9.78. The van der Waals surface area contributed by atoms with Crippen LogP contribution in [0.25, 0.3) is 0 Å². The first-order chi connectivity index (χ1) is 6.63. The zero-order chi connectivity index (χ0) is 10.6. The lowest BCUT2D eigenvalue weighted by Crippen LogP contribution is -2.19. The highest BCUT2D eigenvalue weighted by Crippen LogP contribution is 2.12. The molecule has 0 fully saturated rings. The molecule has 1 N–H and O–H groups in total. The van der Waals surface area contributed by atoms with Crippen molar-refractivity contribution in [3.05, 3.63) is 18.0 Å². The minimum absolute atomic E-state index is 0.435. The average Bonchev–Trinajstić information content (AvgIpc) is 2.52. The van der Waals surface area contributed by atoms with E-state index in [0.717, 1.165) is 18.5 Å². The third-order valence-electron chi connectivity index (χ3n) is 2.03. The number of aliphatic hydroxyl groups excluding tert-OH is 1. The molecule has 14 heavy (non-hydrogen) atoms. The first-order valence-electron chi connectivity index (χ1n) is 4.98. The molecular weight excluding hydrogens is 178 g/mol. The Labute approximate surface area is 85.1 Å². The van der Waals surface area contributed by atoms with Crippen LogP contribution in [0.1, 0.15) is 25.0 Å². The number of likely N-dealkylation sites (N-methyl/N-ethyl adjacent to an activating group) is 1. The normalized spacial score (nSPS) is 13.5. The summed E-state index contributed by atoms with van der Waals surface area (Å²) in [5.74, 6) is 0. The highest BCUT2D eigenvalue weighted by molar-refractivity contribution is 5.08. The second kappa shape index (κ2) is 5.12. The van der Waals surface area contributed by atoms with Crippen molar-refractivity contribution >= 4 is 0 Å². The highest BCUT2D eigenvalue weighted by Gasteiger charge is 2.10. The molecule has 1 aromatic heterocycles. The number of aliphatic hydroxyl groups is 1. The second-order valence-corrected chi connectivity index (χ2v) is 3.81. The molecule has 0 bridgehead atoms. The van der Waals surface area contributed by atoms with E-state index < -0.39 is 6.10 Å². The van der Waals surface area contributed by atoms with E-state index in [1.165, 1.54) is 0 Å². The fourth-order valence-corrected chi connectivity index (χ4v) is 1.35. The number of nitrogens with zero attached hydrogens (tertiary/aromatic N) is 3. The van der Waals surface area contributed by atoms with Crippen LogP contribution in [0.4, 0.5) is 0 Å². The van der Waals surface area contributed by atoms with Crippen molar-refractivity contribution in [3.8, 4) is 0 Å². The Morgan fingerprint density at radius 2 is 2.29 bits per heavy atom. The van der Waals surface area contributed by atoms with E-state index in [0.29, 0.717) is 6.54 Å². The maximum Gasteiger partial charge on any atom is 0.0946 e. The summed E-state index contributed by atoms with van der Waals surface area (Å²) in [5.41, 5.74) is 0.896. The second-order valence-electron chi connectivity index (χ2n) is 3.81. The van der Waals surface area contributed by atoms with Crippen LogP contribution in [0.2, 0.25) is 0 Å². The van der Waals surface area contributed by atoms with Crippen LogP contribution < -0.4 is 0 Å². The Morgan fingerprint density at radius 3 is 2.86 bits per heavy atom. The molecule has 0 saturated heterocycles. The first-order valence-corrected chi connectivity index (χ1v) is 4.98. The van der Waals surface area contributed by atoms with E-state index in [1.54, 1.807) is 6.20 Å². The SMILES string of the molecule is CCCn1cc(C(O)CN(C)C)cn1. The van der Waals surface area contributed by atoms with Gasteiger partial charge in [-0.1, -0.05) is 6.92 Å². The summed E-state index contributed by atoms with van der Waals surface area (Å²) >= 11 is 0. The van der Waals surface area contributed by atoms with Crippen molar-refractivity contribution < 1.29 is 5.11 Å². The summed E-state index contributed by atoms with van der Waals surface area (Å²) in [4.78, 5) is 1.96. The molecule has 0 aliphatic carbocycles. The lowest BCUT2D eigenvalue weighted by molar-refractivity contribution is 0.138. The van der Waals surface area contributed by atoms with Crippen molar-refractivity contribution in [1.29, 1.82) is 0 Å². The first kappa shape index (κ1) is 11.2. The van der Waals surface area contributed by atoms with Gasteiger partial charge in [0, 0.05) is 24.8 Å². The Kier molecular flexibility index (Phi) is 4.10. The Bertz CT molecular complexity index is 270. The predicted octanol–water partition coefficient (Wildman–Crippen LogP) is 0.888. The van der Waals surface area contributed by atoms with Crippen LogP contribution >= 0.6 is 0 Å². The molecule has 0 saturated carbocycles. The quantitative estimate of drug-likeness (QED) is 0.762. The number of aromatic nitrogens is 2. The van der Waals surface area contributed by atoms with Gasteiger partial charge in [0.05, 0.1) is 12.3 Å². The molecule has 80 valence electrons. The van der Waals surface area contributed by atoms with Gasteiger partial charge in [-0.25, -0.2) is 0 Å². The van der Waals surface area contributed by atoms with Crippen LogP contribution in [0.5, 0.6) is 0 Å². The van der Waals surface area contributed by atoms with E-state index in [9.17, 15) is 5.11 Å². The number of rotatable bonds is 5. The minimum Gasteiger partial charge on any atom is -0.387 e. The fourth-order valence-electron chi connectivity index (χ4n) is 1.35. The van der Waals surface area contributed by atoms with Gasteiger partial charge in [0.2, 0.25) is 0 Å². The Balaban J connectivity index is 2.57. The molecular formula is C10H19N3O. The van der Waals surface area contributed by atoms with Gasteiger partial charge in [0.15, 0.2) is 0 Å². The average molecular weight is 197 g/mol. The van der Waals surface area contributed by atoms with Crippen LogP contribution in [0, 0.1) is 0 Å². The molecule has 0 spiro atoms. The lowest BCUT2D eigenvalue weighted by atomic mass is 10.2. The molecule has 0 aliphatic rings. The Hall–Kier alpha value is -0.870. The minimum atomic E-state index is -0.435. The fraction of sp³-hybridized carbons (Fsp3) is 0.700. The zero-order valence-electron chi connectivity index (χ0n) is 9.14. The number of hydrogen-bond acceptors (Lipinski definition) is 3. The van der Waals surface area contributed by atoms with E-state index in [1.807, 2.05) is 29.9 Å². The van der Waals surface area contributed by atoms with Crippen molar-refractivity contribution in [2.24, 2.45) is 0 Å². The summed E-state index contributed by atoms with van der Waals surface area (Å²) in [6.45, 7) is 3.66. The lowest BCUT2D eigenvalue weighted by Gasteiger charge is -2.13. The van der Waals surface area contributed by atoms with Gasteiger partial charge in [0.1, 0.15) is 0 Å². The smallest absolute Gasteiger partial charge is 0.0946 e. The highest BCUT2D eigenvalue weighted by atomic mass is 16.3. The summed E-state index contributed by atoms with van der Waals surface area (Å²) in [6.07, 6.45) is 4.28. The molecule has 4 nitrogen and oxygen atoms in total. The maximum atomic E-state index is 9.78. The van der Waals surface area contributed by atoms with Gasteiger partial charge in [0.25, 0.3) is 0 Å². The third kappa shape index (κ3) is 3.12. The van der Waals surface area contributed by atoms with E-state index >= 15 is 0 Å². The molecule has 1 rings (SSSR count). The van der Waals surface area contributed by atoms with Gasteiger partial charge >= 0.3 is 0 Å². The van der Waals surface area contributed by atoms with Crippen LogP contribution in [-0.4, -0.2) is 40.4 Å². The largest absolute Gasteiger partial charge is 0.387 e. The molecule has 1 heterocycles. The topological polar surface area (TPSA) is 41.3 Å². The Morgan fingerprint density at radius 1 is 1.57 bits per heavy atom. The van der Waals surface area contributed by atoms with E-state index in [-0.39, 0.29) is 0 Å². The van der Waals surface area contributed by atoms with Gasteiger partial charge in [-0.15, -0.1) is 0 Å². The van der Waals surface area contributed by atoms with Crippen molar-refractivity contribution in [3.63, 3.8) is 0 Å². The molecule has 1 atom stereocenters. The summed E-state index contributed by atoms with van der Waals surface area (Å²) in [7, 11) is 3.89. The summed E-state index contributed by atoms with van der Waals surface area (Å²) in [5, 5.41) is 13.9. The van der Waals surface area contributed by atoms with Gasteiger partial charge < -0.3 is 10.0 Å². The number of hydrogen-bond donors (Lipinski definition) is 1. The van der Waals surface area contributed by atoms with Gasteiger partial charge in [-0.05, 0) is 20.5 Å². The van der Waals surface area contributed by atoms with E-state index in [2.05, 4.69) is 12.0 Å². The van der Waals surface area contributed by atoms with Crippen molar-refractivity contribution in [1.82, 2.24) is 14.7 Å². The molecule has 4 heteroatoms. The van der Waals surface area contributed by atoms with E-state index in [4.69, 9.17) is 0 Å². The van der Waals surface area contributed by atoms with Gasteiger partial charge in [-0.3, -0.25) is 4.68 Å².